The molecule has 0 aromatic heterocycles. The topological polar surface area (TPSA) is 46.2 Å². The quantitative estimate of drug-likeness (QED) is 0.820. The molecule has 2 rings (SSSR count). The van der Waals surface area contributed by atoms with Gasteiger partial charge in [-0.15, -0.1) is 0 Å². The summed E-state index contributed by atoms with van der Waals surface area (Å²) in [6.07, 6.45) is 4.66. The van der Waals surface area contributed by atoms with Gasteiger partial charge in [0.15, 0.2) is 9.84 Å². The highest BCUT2D eigenvalue weighted by molar-refractivity contribution is 7.93. The molecule has 2 bridgehead atoms. The zero-order chi connectivity index (χ0) is 11.8. The van der Waals surface area contributed by atoms with E-state index >= 15 is 0 Å². The Balaban J connectivity index is 1.84. The largest absolute Gasteiger partial charge is 0.314 e. The molecule has 2 unspecified atom stereocenters. The Hall–Kier alpha value is -0.0900. The van der Waals surface area contributed by atoms with Gasteiger partial charge < -0.3 is 5.32 Å². The van der Waals surface area contributed by atoms with Gasteiger partial charge in [0.25, 0.3) is 0 Å². The second kappa shape index (κ2) is 4.65. The Morgan fingerprint density at radius 1 is 1.19 bits per heavy atom. The van der Waals surface area contributed by atoms with Crippen molar-refractivity contribution in [2.75, 3.05) is 6.54 Å². The van der Waals surface area contributed by atoms with Crippen molar-refractivity contribution in [3.63, 3.8) is 0 Å². The van der Waals surface area contributed by atoms with Gasteiger partial charge in [-0.05, 0) is 44.6 Å². The molecule has 2 heterocycles. The van der Waals surface area contributed by atoms with Crippen LogP contribution in [0, 0.1) is 5.92 Å². The van der Waals surface area contributed by atoms with Crippen LogP contribution in [0.4, 0.5) is 0 Å². The molecular formula is C12H23NO2S. The van der Waals surface area contributed by atoms with Crippen LogP contribution in [0.25, 0.3) is 0 Å². The summed E-state index contributed by atoms with van der Waals surface area (Å²) in [6, 6.07) is 0.444. The van der Waals surface area contributed by atoms with Crippen molar-refractivity contribution in [3.05, 3.63) is 0 Å². The van der Waals surface area contributed by atoms with E-state index in [4.69, 9.17) is 0 Å². The van der Waals surface area contributed by atoms with Crippen LogP contribution in [-0.4, -0.2) is 31.5 Å². The van der Waals surface area contributed by atoms with Crippen LogP contribution in [-0.2, 0) is 9.84 Å². The molecule has 2 saturated heterocycles. The predicted molar refractivity (Wildman–Crippen MR) is 66.2 cm³/mol. The van der Waals surface area contributed by atoms with Gasteiger partial charge in [0, 0.05) is 6.04 Å². The van der Waals surface area contributed by atoms with E-state index in [2.05, 4.69) is 19.2 Å². The Morgan fingerprint density at radius 3 is 2.25 bits per heavy atom. The molecule has 2 fully saturated rings. The third-order valence-electron chi connectivity index (χ3n) is 3.99. The summed E-state index contributed by atoms with van der Waals surface area (Å²) in [7, 11) is -2.74. The lowest BCUT2D eigenvalue weighted by molar-refractivity contribution is 0.413. The molecule has 0 spiro atoms. The van der Waals surface area contributed by atoms with Crippen LogP contribution in [0.3, 0.4) is 0 Å². The average molecular weight is 245 g/mol. The van der Waals surface area contributed by atoms with Crippen LogP contribution >= 0.6 is 0 Å². The second-order valence-corrected chi connectivity index (χ2v) is 8.23. The molecule has 0 aliphatic carbocycles. The summed E-state index contributed by atoms with van der Waals surface area (Å²) >= 11 is 0. The fourth-order valence-corrected chi connectivity index (χ4v) is 5.42. The van der Waals surface area contributed by atoms with Gasteiger partial charge in [-0.3, -0.25) is 0 Å². The van der Waals surface area contributed by atoms with Gasteiger partial charge in [0.2, 0.25) is 0 Å². The first kappa shape index (κ1) is 12.4. The average Bonchev–Trinajstić information content (AvgIpc) is 2.40. The van der Waals surface area contributed by atoms with E-state index in [-0.39, 0.29) is 10.5 Å². The number of sulfone groups is 1. The number of nitrogens with one attached hydrogen (secondary N) is 1. The number of hydrogen-bond acceptors (Lipinski definition) is 3. The highest BCUT2D eigenvalue weighted by Crippen LogP contribution is 2.38. The summed E-state index contributed by atoms with van der Waals surface area (Å²) in [5.41, 5.74) is 0. The third-order valence-corrected chi connectivity index (χ3v) is 6.70. The zero-order valence-corrected chi connectivity index (χ0v) is 11.1. The highest BCUT2D eigenvalue weighted by Gasteiger charge is 2.46. The van der Waals surface area contributed by atoms with Gasteiger partial charge in [-0.1, -0.05) is 13.8 Å². The standard InChI is InChI=1S/C12H23NO2S/c1-9(2)5-6-13-10-7-11-3-4-12(8-10)16(11,14)15/h9-13H,3-8H2,1-2H3. The molecule has 16 heavy (non-hydrogen) atoms. The summed E-state index contributed by atoms with van der Waals surface area (Å²) in [4.78, 5) is 0. The van der Waals surface area contributed by atoms with Crippen molar-refractivity contribution in [2.24, 2.45) is 5.92 Å². The monoisotopic (exact) mass is 245 g/mol. The molecule has 3 nitrogen and oxygen atoms in total. The Morgan fingerprint density at radius 2 is 1.75 bits per heavy atom. The lowest BCUT2D eigenvalue weighted by Gasteiger charge is -2.29. The molecule has 4 heteroatoms. The molecule has 2 atom stereocenters. The predicted octanol–water partition coefficient (Wildman–Crippen LogP) is 1.73. The first-order valence-electron chi connectivity index (χ1n) is 6.46. The van der Waals surface area contributed by atoms with Crippen LogP contribution in [0.2, 0.25) is 0 Å². The van der Waals surface area contributed by atoms with Crippen LogP contribution in [0.1, 0.15) is 46.0 Å². The van der Waals surface area contributed by atoms with Gasteiger partial charge >= 0.3 is 0 Å². The van der Waals surface area contributed by atoms with E-state index in [0.29, 0.717) is 6.04 Å². The number of rotatable bonds is 4. The molecule has 0 saturated carbocycles. The highest BCUT2D eigenvalue weighted by atomic mass is 32.2. The minimum Gasteiger partial charge on any atom is -0.314 e. The van der Waals surface area contributed by atoms with E-state index in [1.807, 2.05) is 0 Å². The van der Waals surface area contributed by atoms with E-state index in [9.17, 15) is 8.42 Å². The van der Waals surface area contributed by atoms with Crippen molar-refractivity contribution >= 4 is 9.84 Å². The summed E-state index contributed by atoms with van der Waals surface area (Å²) < 4.78 is 23.7. The minimum atomic E-state index is -2.74. The maximum Gasteiger partial charge on any atom is 0.156 e. The number of hydrogen-bond donors (Lipinski definition) is 1. The van der Waals surface area contributed by atoms with Gasteiger partial charge in [0.1, 0.15) is 0 Å². The summed E-state index contributed by atoms with van der Waals surface area (Å²) in [6.45, 7) is 5.47. The van der Waals surface area contributed by atoms with Crippen LogP contribution in [0.5, 0.6) is 0 Å². The van der Waals surface area contributed by atoms with Gasteiger partial charge in [-0.25, -0.2) is 8.42 Å². The Bertz CT molecular complexity index is 317. The Kier molecular flexibility index (Phi) is 3.59. The van der Waals surface area contributed by atoms with Crippen molar-refractivity contribution in [3.8, 4) is 0 Å². The van der Waals surface area contributed by atoms with Gasteiger partial charge in [-0.2, -0.15) is 0 Å². The van der Waals surface area contributed by atoms with Crippen LogP contribution < -0.4 is 5.32 Å². The summed E-state index contributed by atoms with van der Waals surface area (Å²) in [5, 5.41) is 3.45. The first-order chi connectivity index (χ1) is 7.50. The first-order valence-corrected chi connectivity index (χ1v) is 8.07. The molecule has 0 amide bonds. The summed E-state index contributed by atoms with van der Waals surface area (Å²) in [5.74, 6) is 0.719. The SMILES string of the molecule is CC(C)CCNC1CC2CCC(C1)S2(=O)=O. The lowest BCUT2D eigenvalue weighted by atomic mass is 10.1. The van der Waals surface area contributed by atoms with Crippen molar-refractivity contribution in [1.82, 2.24) is 5.32 Å². The second-order valence-electron chi connectivity index (χ2n) is 5.72. The molecular weight excluding hydrogens is 222 g/mol. The molecule has 0 aromatic carbocycles. The molecule has 0 aromatic rings. The third kappa shape index (κ3) is 2.43. The normalized spacial score (nSPS) is 36.8. The molecule has 94 valence electrons. The number of fused-ring (bicyclic) bond motifs is 2. The maximum absolute atomic E-state index is 11.9. The van der Waals surface area contributed by atoms with Crippen molar-refractivity contribution < 1.29 is 8.42 Å². The molecule has 1 N–H and O–H groups in total. The van der Waals surface area contributed by atoms with Crippen LogP contribution in [0.15, 0.2) is 0 Å². The van der Waals surface area contributed by atoms with E-state index in [1.54, 1.807) is 0 Å². The fraction of sp³-hybridized carbons (Fsp3) is 1.00. The van der Waals surface area contributed by atoms with E-state index in [0.717, 1.165) is 38.1 Å². The van der Waals surface area contributed by atoms with Gasteiger partial charge in [0.05, 0.1) is 10.5 Å². The molecule has 0 radical (unpaired) electrons. The zero-order valence-electron chi connectivity index (χ0n) is 10.3. The van der Waals surface area contributed by atoms with E-state index < -0.39 is 9.84 Å². The molecule has 2 aliphatic rings. The lowest BCUT2D eigenvalue weighted by Crippen LogP contribution is -2.43. The Labute approximate surface area is 98.9 Å². The smallest absolute Gasteiger partial charge is 0.156 e. The minimum absolute atomic E-state index is 0.0391. The van der Waals surface area contributed by atoms with Crippen molar-refractivity contribution in [2.45, 2.75) is 62.5 Å². The van der Waals surface area contributed by atoms with Crippen molar-refractivity contribution in [1.29, 1.82) is 0 Å². The molecule has 2 aliphatic heterocycles. The van der Waals surface area contributed by atoms with E-state index in [1.165, 1.54) is 6.42 Å². The maximum atomic E-state index is 11.9. The fourth-order valence-electron chi connectivity index (χ4n) is 2.95.